The van der Waals surface area contributed by atoms with Gasteiger partial charge in [-0.15, -0.1) is 0 Å². The molecule has 4 rings (SSSR count). The highest BCUT2D eigenvalue weighted by atomic mass is 16.5. The van der Waals surface area contributed by atoms with Gasteiger partial charge in [-0.05, 0) is 56.3 Å². The lowest BCUT2D eigenvalue weighted by molar-refractivity contribution is 0.415. The predicted molar refractivity (Wildman–Crippen MR) is 118 cm³/mol. The van der Waals surface area contributed by atoms with E-state index >= 15 is 0 Å². The number of benzene rings is 2. The summed E-state index contributed by atoms with van der Waals surface area (Å²) in [6.07, 6.45) is 3.68. The fourth-order valence-corrected chi connectivity index (χ4v) is 3.10. The van der Waals surface area contributed by atoms with E-state index in [9.17, 15) is 0 Å². The highest BCUT2D eigenvalue weighted by Crippen LogP contribution is 2.25. The summed E-state index contributed by atoms with van der Waals surface area (Å²) in [5.74, 6) is 1.26. The second-order valence-corrected chi connectivity index (χ2v) is 6.79. The second kappa shape index (κ2) is 8.57. The van der Waals surface area contributed by atoms with Crippen LogP contribution in [-0.2, 0) is 0 Å². The first-order chi connectivity index (χ1) is 14.6. The van der Waals surface area contributed by atoms with E-state index in [-0.39, 0.29) is 0 Å². The average Bonchev–Trinajstić information content (AvgIpc) is 3.18. The molecule has 0 saturated carbocycles. The Morgan fingerprint density at radius 2 is 1.67 bits per heavy atom. The first-order valence-corrected chi connectivity index (χ1v) is 9.53. The normalized spacial score (nSPS) is 11.0. The summed E-state index contributed by atoms with van der Waals surface area (Å²) >= 11 is 0. The van der Waals surface area contributed by atoms with Gasteiger partial charge in [0.1, 0.15) is 11.4 Å². The van der Waals surface area contributed by atoms with Crippen molar-refractivity contribution in [1.82, 2.24) is 19.7 Å². The number of ether oxygens (including phenoxy) is 1. The summed E-state index contributed by atoms with van der Waals surface area (Å²) in [4.78, 5) is 8.69. The molecule has 0 amide bonds. The van der Waals surface area contributed by atoms with Gasteiger partial charge in [0, 0.05) is 28.7 Å². The van der Waals surface area contributed by atoms with Gasteiger partial charge in [0.15, 0.2) is 0 Å². The van der Waals surface area contributed by atoms with Crippen molar-refractivity contribution in [2.45, 2.75) is 13.8 Å². The molecular weight excluding hydrogens is 376 g/mol. The topological polar surface area (TPSA) is 77.2 Å². The van der Waals surface area contributed by atoms with Crippen LogP contribution in [0.25, 0.3) is 16.9 Å². The fraction of sp³-hybridized carbons (Fsp3) is 0.130. The summed E-state index contributed by atoms with van der Waals surface area (Å²) in [7, 11) is 1.65. The van der Waals surface area contributed by atoms with Crippen molar-refractivity contribution in [3.05, 3.63) is 83.8 Å². The van der Waals surface area contributed by atoms with Crippen LogP contribution in [0.5, 0.6) is 5.75 Å². The molecule has 1 N–H and O–H groups in total. The minimum atomic E-state index is 0.463. The number of hydrogen-bond acceptors (Lipinski definition) is 6. The van der Waals surface area contributed by atoms with Crippen LogP contribution < -0.4 is 10.2 Å². The molecule has 0 radical (unpaired) electrons. The van der Waals surface area contributed by atoms with Gasteiger partial charge < -0.3 is 4.74 Å². The van der Waals surface area contributed by atoms with Gasteiger partial charge in [-0.25, -0.2) is 20.1 Å². The molecule has 7 nitrogen and oxygen atoms in total. The van der Waals surface area contributed by atoms with Crippen LogP contribution in [-0.4, -0.2) is 33.1 Å². The Bertz CT molecular complexity index is 1150. The maximum atomic E-state index is 5.27. The van der Waals surface area contributed by atoms with E-state index in [0.717, 1.165) is 39.6 Å². The zero-order valence-electron chi connectivity index (χ0n) is 17.1. The number of rotatable bonds is 6. The van der Waals surface area contributed by atoms with Crippen molar-refractivity contribution in [2.24, 2.45) is 5.10 Å². The fourth-order valence-electron chi connectivity index (χ4n) is 3.10. The molecule has 2 aromatic carbocycles. The third kappa shape index (κ3) is 4.35. The molecule has 0 unspecified atom stereocenters. The summed E-state index contributed by atoms with van der Waals surface area (Å²) in [5.41, 5.74) is 8.29. The molecule has 0 aliphatic carbocycles. The Balaban J connectivity index is 1.68. The number of nitrogens with zero attached hydrogens (tertiary/aromatic N) is 5. The number of anilines is 1. The van der Waals surface area contributed by atoms with E-state index in [0.29, 0.717) is 5.95 Å². The first kappa shape index (κ1) is 19.3. The van der Waals surface area contributed by atoms with Crippen LogP contribution in [0.3, 0.4) is 0 Å². The molecule has 0 saturated heterocycles. The van der Waals surface area contributed by atoms with Crippen LogP contribution in [0.1, 0.15) is 17.0 Å². The molecule has 0 spiro atoms. The lowest BCUT2D eigenvalue weighted by Gasteiger charge is -2.03. The third-order valence-electron chi connectivity index (χ3n) is 4.48. The van der Waals surface area contributed by atoms with Crippen molar-refractivity contribution in [3.63, 3.8) is 0 Å². The molecule has 7 heteroatoms. The highest BCUT2D eigenvalue weighted by molar-refractivity contribution is 5.89. The van der Waals surface area contributed by atoms with Crippen molar-refractivity contribution in [2.75, 3.05) is 12.5 Å². The molecule has 0 aliphatic heterocycles. The van der Waals surface area contributed by atoms with E-state index in [4.69, 9.17) is 9.84 Å². The zero-order chi connectivity index (χ0) is 20.9. The Morgan fingerprint density at radius 3 is 2.33 bits per heavy atom. The van der Waals surface area contributed by atoms with E-state index in [1.807, 2.05) is 85.4 Å². The lowest BCUT2D eigenvalue weighted by atomic mass is 10.1. The van der Waals surface area contributed by atoms with Gasteiger partial charge in [0.2, 0.25) is 5.95 Å². The highest BCUT2D eigenvalue weighted by Gasteiger charge is 2.11. The van der Waals surface area contributed by atoms with Crippen molar-refractivity contribution in [3.8, 4) is 22.7 Å². The van der Waals surface area contributed by atoms with Gasteiger partial charge in [-0.2, -0.15) is 10.2 Å². The summed E-state index contributed by atoms with van der Waals surface area (Å²) in [6, 6.07) is 19.7. The molecule has 30 heavy (non-hydrogen) atoms. The second-order valence-electron chi connectivity index (χ2n) is 6.79. The number of hydrogen-bond donors (Lipinski definition) is 1. The number of para-hydroxylation sites is 1. The van der Waals surface area contributed by atoms with Crippen LogP contribution in [0.2, 0.25) is 0 Å². The summed E-state index contributed by atoms with van der Waals surface area (Å²) in [5, 5.41) is 9.13. The van der Waals surface area contributed by atoms with Crippen LogP contribution >= 0.6 is 0 Å². The molecule has 2 heterocycles. The van der Waals surface area contributed by atoms with Gasteiger partial charge in [-0.3, -0.25) is 0 Å². The SMILES string of the molecule is COc1ccc(-c2nn(-c3ccccc3)cc2C=NNc2nc(C)cc(C)n2)cc1. The number of aromatic nitrogens is 4. The van der Waals surface area contributed by atoms with Crippen LogP contribution in [0.15, 0.2) is 72.0 Å². The maximum absolute atomic E-state index is 5.27. The smallest absolute Gasteiger partial charge is 0.243 e. The van der Waals surface area contributed by atoms with Gasteiger partial charge in [0.05, 0.1) is 19.0 Å². The van der Waals surface area contributed by atoms with Crippen molar-refractivity contribution in [1.29, 1.82) is 0 Å². The Kier molecular flexibility index (Phi) is 5.52. The van der Waals surface area contributed by atoms with Crippen molar-refractivity contribution < 1.29 is 4.74 Å². The first-order valence-electron chi connectivity index (χ1n) is 9.53. The van der Waals surface area contributed by atoms with Crippen molar-refractivity contribution >= 4 is 12.2 Å². The van der Waals surface area contributed by atoms with Crippen LogP contribution in [0.4, 0.5) is 5.95 Å². The number of methoxy groups -OCH3 is 1. The van der Waals surface area contributed by atoms with E-state index in [1.54, 1.807) is 13.3 Å². The predicted octanol–water partition coefficient (Wildman–Crippen LogP) is 4.40. The number of nitrogens with one attached hydrogen (secondary N) is 1. The third-order valence-corrected chi connectivity index (χ3v) is 4.48. The Hall–Kier alpha value is -4.00. The van der Waals surface area contributed by atoms with Crippen LogP contribution in [0, 0.1) is 13.8 Å². The van der Waals surface area contributed by atoms with Gasteiger partial charge in [0.25, 0.3) is 0 Å². The van der Waals surface area contributed by atoms with Gasteiger partial charge in [-0.1, -0.05) is 18.2 Å². The Morgan fingerprint density at radius 1 is 0.967 bits per heavy atom. The van der Waals surface area contributed by atoms with E-state index in [2.05, 4.69) is 20.5 Å². The quantitative estimate of drug-likeness (QED) is 0.385. The molecule has 150 valence electrons. The maximum Gasteiger partial charge on any atom is 0.243 e. The lowest BCUT2D eigenvalue weighted by Crippen LogP contribution is -1.99. The summed E-state index contributed by atoms with van der Waals surface area (Å²) in [6.45, 7) is 3.85. The molecular formula is C23H22N6O. The molecule has 2 aromatic heterocycles. The van der Waals surface area contributed by atoms with E-state index < -0.39 is 0 Å². The minimum absolute atomic E-state index is 0.463. The van der Waals surface area contributed by atoms with Gasteiger partial charge >= 0.3 is 0 Å². The standard InChI is InChI=1S/C23H22N6O/c1-16-13-17(2)26-23(25-16)27-24-14-19-15-29(20-7-5-4-6-8-20)28-22(19)18-9-11-21(30-3)12-10-18/h4-15H,1-3H3,(H,25,26,27). The molecule has 0 aliphatic rings. The Labute approximate surface area is 175 Å². The molecule has 0 atom stereocenters. The van der Waals surface area contributed by atoms with E-state index in [1.165, 1.54) is 0 Å². The average molecular weight is 398 g/mol. The number of hydrazone groups is 1. The molecule has 0 bridgehead atoms. The zero-order valence-corrected chi connectivity index (χ0v) is 17.1. The molecule has 4 aromatic rings. The summed E-state index contributed by atoms with van der Waals surface area (Å²) < 4.78 is 7.11. The molecule has 0 fully saturated rings. The monoisotopic (exact) mass is 398 g/mol. The largest absolute Gasteiger partial charge is 0.497 e. The number of aryl methyl sites for hydroxylation is 2. The minimum Gasteiger partial charge on any atom is -0.497 e.